The Bertz CT molecular complexity index is 615. The number of ether oxygens (including phenoxy) is 1. The highest BCUT2D eigenvalue weighted by Crippen LogP contribution is 2.37. The number of nitrogens with zero attached hydrogens (tertiary/aromatic N) is 1. The first kappa shape index (κ1) is 17.4. The predicted molar refractivity (Wildman–Crippen MR) is 100 cm³/mol. The summed E-state index contributed by atoms with van der Waals surface area (Å²) in [6.45, 7) is 3.82. The van der Waals surface area contributed by atoms with E-state index in [-0.39, 0.29) is 0 Å². The Balaban J connectivity index is 1.56. The van der Waals surface area contributed by atoms with Gasteiger partial charge in [0.2, 0.25) is 0 Å². The van der Waals surface area contributed by atoms with Crippen LogP contribution >= 0.6 is 11.6 Å². The Hall–Kier alpha value is -1.38. The zero-order valence-corrected chi connectivity index (χ0v) is 15.1. The average Bonchev–Trinajstić information content (AvgIpc) is 2.63. The first-order valence-electron chi connectivity index (χ1n) is 9.06. The maximum absolute atomic E-state index is 5.95. The number of hydrogen-bond donors (Lipinski definition) is 0. The summed E-state index contributed by atoms with van der Waals surface area (Å²) < 4.78 is 5.49. The molecule has 0 atom stereocenters. The molecular weight excluding hydrogens is 318 g/mol. The minimum Gasteiger partial charge on any atom is -0.382 e. The highest BCUT2D eigenvalue weighted by molar-refractivity contribution is 6.30. The Morgan fingerprint density at radius 3 is 2.42 bits per heavy atom. The maximum atomic E-state index is 5.95. The average molecular weight is 344 g/mol. The standard InChI is InChI=1S/C21H26ClNO/c1-2-24-14-13-16-3-5-17(6-4-16)19-9-12-21(23-15-19)18-7-10-20(22)11-8-18/h7-12,15-17H,2-6,13-14H2,1H3/t16-,17-. The number of hydrogen-bond acceptors (Lipinski definition) is 2. The molecule has 1 aromatic heterocycles. The number of benzene rings is 1. The number of halogens is 1. The highest BCUT2D eigenvalue weighted by Gasteiger charge is 2.22. The van der Waals surface area contributed by atoms with Crippen molar-refractivity contribution in [3.8, 4) is 11.3 Å². The summed E-state index contributed by atoms with van der Waals surface area (Å²) in [5, 5.41) is 0.761. The lowest BCUT2D eigenvalue weighted by Crippen LogP contribution is -2.15. The summed E-state index contributed by atoms with van der Waals surface area (Å²) in [7, 11) is 0. The van der Waals surface area contributed by atoms with E-state index < -0.39 is 0 Å². The van der Waals surface area contributed by atoms with Gasteiger partial charge in [-0.3, -0.25) is 4.98 Å². The summed E-state index contributed by atoms with van der Waals surface area (Å²) in [6, 6.07) is 12.3. The van der Waals surface area contributed by atoms with Crippen LogP contribution in [-0.4, -0.2) is 18.2 Å². The first-order chi connectivity index (χ1) is 11.8. The van der Waals surface area contributed by atoms with Gasteiger partial charge < -0.3 is 4.74 Å². The van der Waals surface area contributed by atoms with Gasteiger partial charge >= 0.3 is 0 Å². The van der Waals surface area contributed by atoms with Crippen LogP contribution in [-0.2, 0) is 4.74 Å². The number of aromatic nitrogens is 1. The van der Waals surface area contributed by atoms with Crippen LogP contribution in [0.5, 0.6) is 0 Å². The Morgan fingerprint density at radius 1 is 1.04 bits per heavy atom. The van der Waals surface area contributed by atoms with Crippen molar-refractivity contribution in [2.75, 3.05) is 13.2 Å². The molecule has 0 saturated heterocycles. The third kappa shape index (κ3) is 4.58. The van der Waals surface area contributed by atoms with E-state index in [1.54, 1.807) is 0 Å². The molecule has 0 bridgehead atoms. The van der Waals surface area contributed by atoms with Crippen molar-refractivity contribution >= 4 is 11.6 Å². The second kappa shape index (κ2) is 8.64. The van der Waals surface area contributed by atoms with Crippen molar-refractivity contribution in [2.24, 2.45) is 5.92 Å². The summed E-state index contributed by atoms with van der Waals surface area (Å²) in [5.74, 6) is 1.51. The molecule has 1 aliphatic carbocycles. The molecular formula is C21H26ClNO. The Labute approximate surface area is 150 Å². The van der Waals surface area contributed by atoms with Crippen LogP contribution in [0.25, 0.3) is 11.3 Å². The van der Waals surface area contributed by atoms with E-state index >= 15 is 0 Å². The van der Waals surface area contributed by atoms with Gasteiger partial charge in [0, 0.05) is 30.0 Å². The smallest absolute Gasteiger partial charge is 0.0702 e. The van der Waals surface area contributed by atoms with E-state index in [1.807, 2.05) is 24.3 Å². The lowest BCUT2D eigenvalue weighted by Gasteiger charge is -2.28. The molecule has 1 saturated carbocycles. The molecule has 3 heteroatoms. The molecule has 1 aromatic carbocycles. The van der Waals surface area contributed by atoms with Gasteiger partial charge in [0.25, 0.3) is 0 Å². The van der Waals surface area contributed by atoms with E-state index in [1.165, 1.54) is 37.7 Å². The van der Waals surface area contributed by atoms with Crippen molar-refractivity contribution in [1.29, 1.82) is 0 Å². The molecule has 0 aliphatic heterocycles. The molecule has 1 heterocycles. The molecule has 0 spiro atoms. The fraction of sp³-hybridized carbons (Fsp3) is 0.476. The molecule has 2 aromatic rings. The van der Waals surface area contributed by atoms with Crippen molar-refractivity contribution < 1.29 is 4.74 Å². The van der Waals surface area contributed by atoms with Gasteiger partial charge in [0.1, 0.15) is 0 Å². The quantitative estimate of drug-likeness (QED) is 0.591. The van der Waals surface area contributed by atoms with Crippen LogP contribution in [0.3, 0.4) is 0 Å². The largest absolute Gasteiger partial charge is 0.382 e. The topological polar surface area (TPSA) is 22.1 Å². The van der Waals surface area contributed by atoms with Crippen molar-refractivity contribution in [3.05, 3.63) is 53.2 Å². The fourth-order valence-corrected chi connectivity index (χ4v) is 3.74. The molecule has 3 rings (SSSR count). The monoisotopic (exact) mass is 343 g/mol. The highest BCUT2D eigenvalue weighted by atomic mass is 35.5. The van der Waals surface area contributed by atoms with Gasteiger partial charge in [-0.25, -0.2) is 0 Å². The van der Waals surface area contributed by atoms with Crippen LogP contribution in [0.2, 0.25) is 5.02 Å². The van der Waals surface area contributed by atoms with E-state index in [0.717, 1.165) is 35.4 Å². The summed E-state index contributed by atoms with van der Waals surface area (Å²) >= 11 is 5.95. The van der Waals surface area contributed by atoms with Gasteiger partial charge in [-0.1, -0.05) is 29.8 Å². The van der Waals surface area contributed by atoms with Crippen molar-refractivity contribution in [1.82, 2.24) is 4.98 Å². The molecule has 0 amide bonds. The first-order valence-corrected chi connectivity index (χ1v) is 9.43. The van der Waals surface area contributed by atoms with Crippen LogP contribution < -0.4 is 0 Å². The predicted octanol–water partition coefficient (Wildman–Crippen LogP) is 6.10. The molecule has 1 fully saturated rings. The lowest BCUT2D eigenvalue weighted by atomic mass is 9.78. The van der Waals surface area contributed by atoms with Gasteiger partial charge in [-0.05, 0) is 74.6 Å². The number of pyridine rings is 1. The van der Waals surface area contributed by atoms with Crippen LogP contribution in [0.15, 0.2) is 42.6 Å². The van der Waals surface area contributed by atoms with E-state index in [2.05, 4.69) is 30.2 Å². The van der Waals surface area contributed by atoms with Gasteiger partial charge in [0.05, 0.1) is 5.69 Å². The van der Waals surface area contributed by atoms with E-state index in [0.29, 0.717) is 5.92 Å². The molecule has 0 N–H and O–H groups in total. The van der Waals surface area contributed by atoms with Gasteiger partial charge in [-0.15, -0.1) is 0 Å². The van der Waals surface area contributed by atoms with Crippen LogP contribution in [0, 0.1) is 5.92 Å². The second-order valence-corrected chi connectivity index (χ2v) is 7.12. The van der Waals surface area contributed by atoms with Crippen molar-refractivity contribution in [2.45, 2.75) is 44.9 Å². The minimum atomic E-state index is 0.667. The molecule has 24 heavy (non-hydrogen) atoms. The molecule has 0 unspecified atom stereocenters. The fourth-order valence-electron chi connectivity index (χ4n) is 3.62. The van der Waals surface area contributed by atoms with Crippen LogP contribution in [0.4, 0.5) is 0 Å². The second-order valence-electron chi connectivity index (χ2n) is 6.69. The molecule has 1 aliphatic rings. The molecule has 2 nitrogen and oxygen atoms in total. The SMILES string of the molecule is CCOCC[C@H]1CC[C@H](c2ccc(-c3ccc(Cl)cc3)nc2)CC1. The Kier molecular flexibility index (Phi) is 6.28. The van der Waals surface area contributed by atoms with E-state index in [9.17, 15) is 0 Å². The number of rotatable bonds is 6. The minimum absolute atomic E-state index is 0.667. The third-order valence-corrected chi connectivity index (χ3v) is 5.37. The van der Waals surface area contributed by atoms with Crippen molar-refractivity contribution in [3.63, 3.8) is 0 Å². The maximum Gasteiger partial charge on any atom is 0.0702 e. The van der Waals surface area contributed by atoms with Gasteiger partial charge in [0.15, 0.2) is 0 Å². The lowest BCUT2D eigenvalue weighted by molar-refractivity contribution is 0.123. The third-order valence-electron chi connectivity index (χ3n) is 5.12. The normalized spacial score (nSPS) is 20.9. The Morgan fingerprint density at radius 2 is 1.79 bits per heavy atom. The summed E-state index contributed by atoms with van der Waals surface area (Å²) in [6.07, 6.45) is 8.47. The summed E-state index contributed by atoms with van der Waals surface area (Å²) in [5.41, 5.74) is 3.52. The van der Waals surface area contributed by atoms with Gasteiger partial charge in [-0.2, -0.15) is 0 Å². The zero-order chi connectivity index (χ0) is 16.8. The molecule has 0 radical (unpaired) electrons. The zero-order valence-electron chi connectivity index (χ0n) is 14.4. The summed E-state index contributed by atoms with van der Waals surface area (Å²) in [4.78, 5) is 4.67. The van der Waals surface area contributed by atoms with E-state index in [4.69, 9.17) is 16.3 Å². The van der Waals surface area contributed by atoms with Crippen LogP contribution in [0.1, 0.15) is 50.5 Å². The molecule has 128 valence electrons.